The van der Waals surface area contributed by atoms with Crippen molar-refractivity contribution in [3.8, 4) is 0 Å². The topological polar surface area (TPSA) is 26.0 Å². The van der Waals surface area contributed by atoms with Gasteiger partial charge < -0.3 is 5.73 Å². The largest absolute Gasteiger partial charge is 0.398 e. The second-order valence-electron chi connectivity index (χ2n) is 2.39. The summed E-state index contributed by atoms with van der Waals surface area (Å²) in [6.07, 6.45) is 1.19. The summed E-state index contributed by atoms with van der Waals surface area (Å²) in [5.41, 5.74) is 6.63. The Labute approximate surface area is 129 Å². The van der Waals surface area contributed by atoms with E-state index in [0.29, 0.717) is 0 Å². The third-order valence-electron chi connectivity index (χ3n) is 1.38. The van der Waals surface area contributed by atoms with Crippen molar-refractivity contribution in [2.75, 3.05) is 11.5 Å². The van der Waals surface area contributed by atoms with Crippen molar-refractivity contribution in [1.29, 1.82) is 0 Å². The summed E-state index contributed by atoms with van der Waals surface area (Å²) < 4.78 is 0. The summed E-state index contributed by atoms with van der Waals surface area (Å²) in [4.78, 5) is 1.20. The zero-order valence-electron chi connectivity index (χ0n) is 8.43. The molecule has 0 fully saturated rings. The third-order valence-corrected chi connectivity index (χ3v) is 2.68. The molecule has 0 saturated heterocycles. The molecule has 2 N–H and O–H groups in total. The Morgan fingerprint density at radius 1 is 1.13 bits per heavy atom. The number of hydrogen-bond donors (Lipinski definition) is 1. The van der Waals surface area contributed by atoms with Gasteiger partial charge in [-0.2, -0.15) is 0 Å². The molecule has 0 radical (unpaired) electrons. The molecule has 1 nitrogen and oxygen atoms in total. The zero-order chi connectivity index (χ0) is 8.10. The summed E-state index contributed by atoms with van der Waals surface area (Å²) in [6.45, 7) is 2.17. The van der Waals surface area contributed by atoms with Gasteiger partial charge in [-0.25, -0.2) is 0 Å². The van der Waals surface area contributed by atoms with Gasteiger partial charge in [-0.3, -0.25) is 0 Å². The summed E-state index contributed by atoms with van der Waals surface area (Å²) in [6, 6.07) is 7.99. The molecule has 0 aliphatic carbocycles. The van der Waals surface area contributed by atoms with Gasteiger partial charge in [0.1, 0.15) is 0 Å². The van der Waals surface area contributed by atoms with E-state index in [1.165, 1.54) is 11.3 Å². The Hall–Kier alpha value is 0.954. The van der Waals surface area contributed by atoms with Crippen molar-refractivity contribution < 1.29 is 21.7 Å². The average molecular weight is 325 g/mol. The van der Waals surface area contributed by atoms with Crippen LogP contribution in [0.4, 0.5) is 5.69 Å². The molecular formula is C9H16Cl3NSTi. The van der Waals surface area contributed by atoms with Crippen LogP contribution < -0.4 is 5.73 Å². The van der Waals surface area contributed by atoms with Gasteiger partial charge in [0.05, 0.1) is 0 Å². The van der Waals surface area contributed by atoms with Gasteiger partial charge in [0.25, 0.3) is 0 Å². The van der Waals surface area contributed by atoms with Crippen molar-refractivity contribution >= 4 is 54.7 Å². The first kappa shape index (κ1) is 25.0. The molecule has 0 heterocycles. The quantitative estimate of drug-likeness (QED) is 0.516. The molecule has 1 aromatic rings. The Balaban J connectivity index is -0.000000151. The first-order chi connectivity index (χ1) is 5.34. The Morgan fingerprint density at radius 2 is 1.67 bits per heavy atom. The molecule has 0 unspecified atom stereocenters. The van der Waals surface area contributed by atoms with E-state index in [4.69, 9.17) is 5.73 Å². The number of rotatable bonds is 3. The number of nitrogens with two attached hydrogens (primary N) is 1. The zero-order valence-corrected chi connectivity index (χ0v) is 13.3. The molecule has 6 heteroatoms. The fourth-order valence-electron chi connectivity index (χ4n) is 0.824. The first-order valence-electron chi connectivity index (χ1n) is 3.82. The van der Waals surface area contributed by atoms with E-state index in [0.717, 1.165) is 11.4 Å². The van der Waals surface area contributed by atoms with Crippen LogP contribution in [0.15, 0.2) is 29.2 Å². The van der Waals surface area contributed by atoms with Crippen LogP contribution in [0.5, 0.6) is 0 Å². The maximum atomic E-state index is 5.74. The molecule has 1 rings (SSSR count). The van der Waals surface area contributed by atoms with Gasteiger partial charge in [-0.1, -0.05) is 19.1 Å². The summed E-state index contributed by atoms with van der Waals surface area (Å²) >= 11 is 1.82. The van der Waals surface area contributed by atoms with Crippen LogP contribution in [0, 0.1) is 0 Å². The second kappa shape index (κ2) is 15.0. The monoisotopic (exact) mass is 323 g/mol. The van der Waals surface area contributed by atoms with Crippen molar-refractivity contribution in [2.45, 2.75) is 18.2 Å². The molecule has 1 aromatic carbocycles. The number of nitrogen functional groups attached to an aromatic ring is 1. The second-order valence-corrected chi connectivity index (χ2v) is 3.52. The van der Waals surface area contributed by atoms with E-state index in [2.05, 4.69) is 13.0 Å². The van der Waals surface area contributed by atoms with Gasteiger partial charge in [-0.15, -0.1) is 49.0 Å². The van der Waals surface area contributed by atoms with Gasteiger partial charge in [-0.05, 0) is 24.3 Å². The van der Waals surface area contributed by atoms with Gasteiger partial charge in [0.2, 0.25) is 0 Å². The van der Waals surface area contributed by atoms with Crippen LogP contribution in [0.2, 0.25) is 0 Å². The van der Waals surface area contributed by atoms with Gasteiger partial charge >= 0.3 is 0 Å². The normalized spacial score (nSPS) is 7.27. The summed E-state index contributed by atoms with van der Waals surface area (Å²) in [7, 11) is 0. The van der Waals surface area contributed by atoms with E-state index >= 15 is 0 Å². The van der Waals surface area contributed by atoms with E-state index < -0.39 is 0 Å². The maximum absolute atomic E-state index is 5.74. The molecule has 0 amide bonds. The predicted octanol–water partition coefficient (Wildman–Crippen LogP) is 4.03. The van der Waals surface area contributed by atoms with E-state index in [1.54, 1.807) is 0 Å². The first-order valence-corrected chi connectivity index (χ1v) is 4.80. The summed E-state index contributed by atoms with van der Waals surface area (Å²) in [5.74, 6) is 1.15. The third kappa shape index (κ3) is 9.86. The van der Waals surface area contributed by atoms with E-state index in [1.807, 2.05) is 30.0 Å². The van der Waals surface area contributed by atoms with Crippen LogP contribution >= 0.6 is 49.0 Å². The molecule has 0 saturated carbocycles. The SMILES string of the molecule is CCCSc1ccccc1N.Cl.Cl.Cl.[Ti]. The fraction of sp³-hybridized carbons (Fsp3) is 0.333. The fourth-order valence-corrected chi connectivity index (χ4v) is 1.66. The number of para-hydroxylation sites is 1. The van der Waals surface area contributed by atoms with Crippen molar-refractivity contribution in [3.05, 3.63) is 24.3 Å². The van der Waals surface area contributed by atoms with Crippen LogP contribution in [-0.2, 0) is 21.7 Å². The Bertz CT molecular complexity index is 238. The molecule has 0 spiro atoms. The Morgan fingerprint density at radius 3 is 2.13 bits per heavy atom. The number of thioether (sulfide) groups is 1. The van der Waals surface area contributed by atoms with E-state index in [-0.39, 0.29) is 58.9 Å². The Kier molecular flexibility index (Phi) is 24.9. The average Bonchev–Trinajstić information content (AvgIpc) is 2.03. The van der Waals surface area contributed by atoms with Crippen LogP contribution in [0.3, 0.4) is 0 Å². The van der Waals surface area contributed by atoms with E-state index in [9.17, 15) is 0 Å². The predicted molar refractivity (Wildman–Crippen MR) is 73.6 cm³/mol. The standard InChI is InChI=1S/C9H13NS.3ClH.Ti/c1-2-7-11-9-6-4-3-5-8(9)10;;;;/h3-6H,2,7,10H2,1H3;3*1H;. The van der Waals surface area contributed by atoms with Crippen molar-refractivity contribution in [1.82, 2.24) is 0 Å². The molecule has 0 atom stereocenters. The molecule has 0 aliphatic heterocycles. The smallest absolute Gasteiger partial charge is 0.0452 e. The molecule has 0 bridgehead atoms. The van der Waals surface area contributed by atoms with Crippen LogP contribution in [0.25, 0.3) is 0 Å². The molecular weight excluding hydrogens is 308 g/mol. The molecule has 0 aliphatic rings. The van der Waals surface area contributed by atoms with Crippen molar-refractivity contribution in [2.24, 2.45) is 0 Å². The van der Waals surface area contributed by atoms with Crippen molar-refractivity contribution in [3.63, 3.8) is 0 Å². The minimum absolute atomic E-state index is 0. The summed E-state index contributed by atoms with van der Waals surface area (Å²) in [5, 5.41) is 0. The maximum Gasteiger partial charge on any atom is 0.0452 e. The number of anilines is 1. The number of hydrogen-bond acceptors (Lipinski definition) is 2. The number of halogens is 3. The van der Waals surface area contributed by atoms with Crippen LogP contribution in [0.1, 0.15) is 13.3 Å². The molecule has 15 heavy (non-hydrogen) atoms. The molecule has 88 valence electrons. The molecule has 0 aromatic heterocycles. The van der Waals surface area contributed by atoms with Crippen LogP contribution in [-0.4, -0.2) is 5.75 Å². The number of benzene rings is 1. The minimum atomic E-state index is 0. The van der Waals surface area contributed by atoms with Gasteiger partial charge in [0.15, 0.2) is 0 Å². The van der Waals surface area contributed by atoms with Gasteiger partial charge in [0, 0.05) is 32.3 Å². The minimum Gasteiger partial charge on any atom is -0.398 e.